The summed E-state index contributed by atoms with van der Waals surface area (Å²) in [6, 6.07) is 35.3. The van der Waals surface area contributed by atoms with Crippen molar-refractivity contribution in [3.63, 3.8) is 0 Å². The number of rotatable bonds is 4. The molecule has 6 aromatic rings. The summed E-state index contributed by atoms with van der Waals surface area (Å²) >= 11 is 0. The highest BCUT2D eigenvalue weighted by Gasteiger charge is 2.23. The topological polar surface area (TPSA) is 50.9 Å². The summed E-state index contributed by atoms with van der Waals surface area (Å²) in [4.78, 5) is 9.78. The van der Waals surface area contributed by atoms with Crippen molar-refractivity contribution in [3.8, 4) is 45.2 Å². The fourth-order valence-electron chi connectivity index (χ4n) is 5.72. The summed E-state index contributed by atoms with van der Waals surface area (Å²) < 4.78 is 2.17. The van der Waals surface area contributed by atoms with Crippen LogP contribution in [0.5, 0.6) is 5.75 Å². The SMILES string of the molecule is Oc1c(-c2nc3c(-c4cccc(-c5ccccn5)c4)cccc3n2-c2ccccc2)ccc2c1CCCC2. The van der Waals surface area contributed by atoms with Crippen LogP contribution in [0.2, 0.25) is 0 Å². The summed E-state index contributed by atoms with van der Waals surface area (Å²) in [5, 5.41) is 11.5. The molecule has 184 valence electrons. The number of fused-ring (bicyclic) bond motifs is 2. The van der Waals surface area contributed by atoms with Crippen molar-refractivity contribution in [2.75, 3.05) is 0 Å². The van der Waals surface area contributed by atoms with Gasteiger partial charge in [0.1, 0.15) is 11.6 Å². The zero-order chi connectivity index (χ0) is 25.5. The van der Waals surface area contributed by atoms with Crippen LogP contribution >= 0.6 is 0 Å². The van der Waals surface area contributed by atoms with Crippen LogP contribution in [0.25, 0.3) is 50.5 Å². The number of para-hydroxylation sites is 2. The number of aromatic hydroxyl groups is 1. The number of hydrogen-bond donors (Lipinski definition) is 1. The van der Waals surface area contributed by atoms with E-state index in [0.717, 1.165) is 75.3 Å². The molecule has 2 heterocycles. The van der Waals surface area contributed by atoms with Crippen molar-refractivity contribution < 1.29 is 5.11 Å². The van der Waals surface area contributed by atoms with Gasteiger partial charge < -0.3 is 5.11 Å². The summed E-state index contributed by atoms with van der Waals surface area (Å²) in [6.45, 7) is 0. The molecular weight excluding hydrogens is 466 g/mol. The average molecular weight is 494 g/mol. The molecule has 38 heavy (non-hydrogen) atoms. The van der Waals surface area contributed by atoms with E-state index < -0.39 is 0 Å². The molecule has 4 nitrogen and oxygen atoms in total. The molecule has 2 aromatic heterocycles. The highest BCUT2D eigenvalue weighted by molar-refractivity contribution is 5.96. The maximum atomic E-state index is 11.5. The Morgan fingerprint density at radius 1 is 0.684 bits per heavy atom. The standard InChI is InChI=1S/C34H27N3O/c38-33-28-15-5-4-10-23(28)19-20-29(33)34-36-32-27(16-9-18-31(32)37(34)26-13-2-1-3-14-26)24-11-8-12-25(22-24)30-17-6-7-21-35-30/h1-3,6-9,11-14,16-22,38H,4-5,10,15H2. The van der Waals surface area contributed by atoms with Gasteiger partial charge in [-0.3, -0.25) is 9.55 Å². The molecule has 1 N–H and O–H groups in total. The molecule has 0 atom stereocenters. The van der Waals surface area contributed by atoms with Crippen LogP contribution in [0.1, 0.15) is 24.0 Å². The van der Waals surface area contributed by atoms with Crippen LogP contribution < -0.4 is 0 Å². The molecule has 4 heteroatoms. The van der Waals surface area contributed by atoms with Crippen molar-refractivity contribution in [1.82, 2.24) is 14.5 Å². The molecule has 0 fully saturated rings. The Morgan fingerprint density at radius 3 is 2.37 bits per heavy atom. The lowest BCUT2D eigenvalue weighted by Gasteiger charge is -2.19. The van der Waals surface area contributed by atoms with Gasteiger partial charge >= 0.3 is 0 Å². The smallest absolute Gasteiger partial charge is 0.149 e. The molecule has 0 saturated heterocycles. The van der Waals surface area contributed by atoms with E-state index in [0.29, 0.717) is 5.75 Å². The van der Waals surface area contributed by atoms with Crippen LogP contribution in [0.4, 0.5) is 0 Å². The van der Waals surface area contributed by atoms with Crippen molar-refractivity contribution in [2.24, 2.45) is 0 Å². The zero-order valence-corrected chi connectivity index (χ0v) is 21.0. The van der Waals surface area contributed by atoms with Gasteiger partial charge in [0.2, 0.25) is 0 Å². The molecule has 7 rings (SSSR count). The molecular formula is C34H27N3O. The molecule has 0 aliphatic heterocycles. The number of nitrogens with zero attached hydrogens (tertiary/aromatic N) is 3. The first-order valence-electron chi connectivity index (χ1n) is 13.2. The first kappa shape index (κ1) is 22.5. The Labute approximate surface area is 221 Å². The van der Waals surface area contributed by atoms with Gasteiger partial charge in [-0.15, -0.1) is 0 Å². The van der Waals surface area contributed by atoms with Gasteiger partial charge in [0, 0.05) is 23.0 Å². The van der Waals surface area contributed by atoms with Crippen LogP contribution in [0, 0.1) is 0 Å². The molecule has 4 aromatic carbocycles. The van der Waals surface area contributed by atoms with Crippen LogP contribution in [0.3, 0.4) is 0 Å². The van der Waals surface area contributed by atoms with E-state index in [4.69, 9.17) is 4.98 Å². The van der Waals surface area contributed by atoms with Gasteiger partial charge in [-0.2, -0.15) is 0 Å². The molecule has 0 bridgehead atoms. The molecule has 0 radical (unpaired) electrons. The van der Waals surface area contributed by atoms with Gasteiger partial charge in [-0.05, 0) is 84.8 Å². The Bertz CT molecular complexity index is 1770. The lowest BCUT2D eigenvalue weighted by molar-refractivity contribution is 0.463. The highest BCUT2D eigenvalue weighted by atomic mass is 16.3. The Kier molecular flexibility index (Phi) is 5.51. The predicted octanol–water partition coefficient (Wildman–Crippen LogP) is 8.01. The molecule has 1 aliphatic carbocycles. The van der Waals surface area contributed by atoms with Crippen LogP contribution in [0.15, 0.2) is 109 Å². The minimum Gasteiger partial charge on any atom is -0.507 e. The molecule has 0 saturated carbocycles. The van der Waals surface area contributed by atoms with Gasteiger partial charge in [0.15, 0.2) is 0 Å². The third kappa shape index (κ3) is 3.77. The van der Waals surface area contributed by atoms with E-state index in [1.807, 2.05) is 48.7 Å². The Balaban J connectivity index is 1.47. The lowest BCUT2D eigenvalue weighted by Crippen LogP contribution is -2.04. The Morgan fingerprint density at radius 2 is 1.50 bits per heavy atom. The lowest BCUT2D eigenvalue weighted by atomic mass is 9.89. The number of aromatic nitrogens is 3. The van der Waals surface area contributed by atoms with Crippen LogP contribution in [-0.4, -0.2) is 19.6 Å². The van der Waals surface area contributed by atoms with E-state index in [-0.39, 0.29) is 0 Å². The normalized spacial score (nSPS) is 12.9. The second-order valence-corrected chi connectivity index (χ2v) is 9.88. The number of aryl methyl sites for hydroxylation is 1. The highest BCUT2D eigenvalue weighted by Crippen LogP contribution is 2.41. The van der Waals surface area contributed by atoms with Gasteiger partial charge in [0.05, 0.1) is 22.3 Å². The van der Waals surface area contributed by atoms with E-state index >= 15 is 0 Å². The largest absolute Gasteiger partial charge is 0.507 e. The van der Waals surface area contributed by atoms with E-state index in [1.165, 1.54) is 12.0 Å². The van der Waals surface area contributed by atoms with E-state index in [2.05, 4.69) is 70.2 Å². The summed E-state index contributed by atoms with van der Waals surface area (Å²) in [5.74, 6) is 1.12. The maximum Gasteiger partial charge on any atom is 0.149 e. The van der Waals surface area contributed by atoms with Crippen molar-refractivity contribution in [2.45, 2.75) is 25.7 Å². The minimum absolute atomic E-state index is 0.369. The van der Waals surface area contributed by atoms with Gasteiger partial charge in [-0.1, -0.05) is 60.7 Å². The fourth-order valence-corrected chi connectivity index (χ4v) is 5.72. The van der Waals surface area contributed by atoms with Crippen molar-refractivity contribution >= 4 is 11.0 Å². The molecule has 0 spiro atoms. The number of hydrogen-bond acceptors (Lipinski definition) is 3. The third-order valence-corrected chi connectivity index (χ3v) is 7.58. The number of phenols is 1. The number of benzene rings is 4. The first-order chi connectivity index (χ1) is 18.8. The monoisotopic (exact) mass is 493 g/mol. The second kappa shape index (κ2) is 9.31. The summed E-state index contributed by atoms with van der Waals surface area (Å²) in [5.41, 5.74) is 10.2. The molecule has 0 amide bonds. The first-order valence-corrected chi connectivity index (χ1v) is 13.2. The minimum atomic E-state index is 0.369. The van der Waals surface area contributed by atoms with E-state index in [9.17, 15) is 5.11 Å². The van der Waals surface area contributed by atoms with Gasteiger partial charge in [0.25, 0.3) is 0 Å². The quantitative estimate of drug-likeness (QED) is 0.271. The van der Waals surface area contributed by atoms with E-state index in [1.54, 1.807) is 0 Å². The summed E-state index contributed by atoms with van der Waals surface area (Å²) in [6.07, 6.45) is 6.04. The third-order valence-electron chi connectivity index (χ3n) is 7.58. The molecule has 0 unspecified atom stereocenters. The van der Waals surface area contributed by atoms with Crippen molar-refractivity contribution in [3.05, 3.63) is 120 Å². The summed E-state index contributed by atoms with van der Waals surface area (Å²) in [7, 11) is 0. The second-order valence-electron chi connectivity index (χ2n) is 9.88. The fraction of sp³-hybridized carbons (Fsp3) is 0.118. The van der Waals surface area contributed by atoms with Gasteiger partial charge in [-0.25, -0.2) is 4.98 Å². The number of imidazole rings is 1. The number of pyridine rings is 1. The Hall–Kier alpha value is -4.70. The van der Waals surface area contributed by atoms with Crippen LogP contribution in [-0.2, 0) is 12.8 Å². The average Bonchev–Trinajstić information content (AvgIpc) is 3.38. The predicted molar refractivity (Wildman–Crippen MR) is 153 cm³/mol. The zero-order valence-electron chi connectivity index (χ0n) is 21.0. The maximum absolute atomic E-state index is 11.5. The van der Waals surface area contributed by atoms with Crippen molar-refractivity contribution in [1.29, 1.82) is 0 Å². The molecule has 1 aliphatic rings. The number of phenolic OH excluding ortho intramolecular Hbond substituents is 1.